The first-order valence-electron chi connectivity index (χ1n) is 10.7. The molecule has 30 heavy (non-hydrogen) atoms. The van der Waals surface area contributed by atoms with Gasteiger partial charge in [-0.05, 0) is 46.0 Å². The Hall–Kier alpha value is -2.20. The molecule has 2 aromatic rings. The summed E-state index contributed by atoms with van der Waals surface area (Å²) in [7, 11) is -3.56. The van der Waals surface area contributed by atoms with Crippen LogP contribution >= 0.6 is 0 Å². The van der Waals surface area contributed by atoms with E-state index in [1.54, 1.807) is 23.9 Å². The molecule has 0 aromatic carbocycles. The second kappa shape index (κ2) is 8.50. The number of hydrogen-bond donors (Lipinski definition) is 0. The molecule has 164 valence electrons. The molecule has 0 unspecified atom stereocenters. The lowest BCUT2D eigenvalue weighted by molar-refractivity contribution is 0.0682. The number of carbonyl (C=O) groups is 1. The first-order valence-corrected chi connectivity index (χ1v) is 12.1. The lowest BCUT2D eigenvalue weighted by Gasteiger charge is -2.30. The van der Waals surface area contributed by atoms with Gasteiger partial charge in [-0.25, -0.2) is 8.42 Å². The fraction of sp³-hybridized carbons (Fsp3) is 0.650. The van der Waals surface area contributed by atoms with Crippen molar-refractivity contribution in [3.05, 3.63) is 29.4 Å². The fourth-order valence-corrected chi connectivity index (χ4v) is 5.92. The van der Waals surface area contributed by atoms with Crippen LogP contribution in [0.3, 0.4) is 0 Å². The van der Waals surface area contributed by atoms with Crippen molar-refractivity contribution in [2.45, 2.75) is 63.3 Å². The Morgan fingerprint density at radius 1 is 1.17 bits per heavy atom. The summed E-state index contributed by atoms with van der Waals surface area (Å²) in [6.07, 6.45) is 6.10. The van der Waals surface area contributed by atoms with Gasteiger partial charge in [0, 0.05) is 50.9 Å². The molecule has 0 atom stereocenters. The zero-order valence-electron chi connectivity index (χ0n) is 17.6. The van der Waals surface area contributed by atoms with E-state index in [4.69, 9.17) is 4.52 Å². The first-order chi connectivity index (χ1) is 14.4. The molecule has 2 aromatic heterocycles. The van der Waals surface area contributed by atoms with E-state index >= 15 is 0 Å². The van der Waals surface area contributed by atoms with Gasteiger partial charge in [-0.3, -0.25) is 9.48 Å². The highest BCUT2D eigenvalue weighted by molar-refractivity contribution is 7.89. The minimum absolute atomic E-state index is 0.0857. The highest BCUT2D eigenvalue weighted by Crippen LogP contribution is 2.31. The number of amides is 1. The number of piperidine rings is 2. The summed E-state index contributed by atoms with van der Waals surface area (Å²) < 4.78 is 34.6. The third kappa shape index (κ3) is 4.02. The van der Waals surface area contributed by atoms with Gasteiger partial charge in [-0.1, -0.05) is 5.16 Å². The molecular formula is C20H29N5O4S. The van der Waals surface area contributed by atoms with Gasteiger partial charge in [0.05, 0.1) is 11.4 Å². The minimum Gasteiger partial charge on any atom is -0.351 e. The van der Waals surface area contributed by atoms with Gasteiger partial charge in [-0.2, -0.15) is 9.40 Å². The maximum atomic E-state index is 13.0. The van der Waals surface area contributed by atoms with E-state index in [1.807, 2.05) is 11.8 Å². The van der Waals surface area contributed by atoms with E-state index in [2.05, 4.69) is 10.3 Å². The zero-order chi connectivity index (χ0) is 21.3. The molecule has 2 aliphatic heterocycles. The maximum Gasteiger partial charge on any atom is 0.292 e. The standard InChI is InChI=1S/C20H29N5O4S/c1-3-24-14-19(15(2)21-24)30(27,28)25-11-7-16(8-12-25)17-13-18(29-22-17)20(26)23-9-5-4-6-10-23/h13-14,16H,3-12H2,1-2H3. The van der Waals surface area contributed by atoms with Crippen molar-refractivity contribution in [1.82, 2.24) is 24.1 Å². The average Bonchev–Trinajstić information content (AvgIpc) is 3.41. The lowest BCUT2D eigenvalue weighted by Crippen LogP contribution is -2.38. The monoisotopic (exact) mass is 435 g/mol. The summed E-state index contributed by atoms with van der Waals surface area (Å²) in [5.41, 5.74) is 1.26. The van der Waals surface area contributed by atoms with Crippen molar-refractivity contribution in [1.29, 1.82) is 0 Å². The number of nitrogens with zero attached hydrogens (tertiary/aromatic N) is 5. The molecule has 2 aliphatic rings. The van der Waals surface area contributed by atoms with Crippen LogP contribution in [0.15, 0.2) is 21.7 Å². The molecule has 0 spiro atoms. The Kier molecular flexibility index (Phi) is 5.97. The van der Waals surface area contributed by atoms with Gasteiger partial charge in [0.25, 0.3) is 5.91 Å². The van der Waals surface area contributed by atoms with Gasteiger partial charge < -0.3 is 9.42 Å². The van der Waals surface area contributed by atoms with E-state index in [0.29, 0.717) is 38.2 Å². The molecule has 4 rings (SSSR count). The van der Waals surface area contributed by atoms with E-state index < -0.39 is 10.0 Å². The Morgan fingerprint density at radius 2 is 1.87 bits per heavy atom. The van der Waals surface area contributed by atoms with Crippen molar-refractivity contribution in [3.63, 3.8) is 0 Å². The topological polar surface area (TPSA) is 102 Å². The van der Waals surface area contributed by atoms with Crippen LogP contribution in [0.25, 0.3) is 0 Å². The molecule has 0 bridgehead atoms. The molecule has 2 saturated heterocycles. The van der Waals surface area contributed by atoms with E-state index in [1.165, 1.54) is 4.31 Å². The Balaban J connectivity index is 1.40. The van der Waals surface area contributed by atoms with Crippen molar-refractivity contribution >= 4 is 15.9 Å². The van der Waals surface area contributed by atoms with Gasteiger partial charge in [-0.15, -0.1) is 0 Å². The van der Waals surface area contributed by atoms with E-state index in [0.717, 1.165) is 38.0 Å². The van der Waals surface area contributed by atoms with E-state index in [-0.39, 0.29) is 22.5 Å². The summed E-state index contributed by atoms with van der Waals surface area (Å²) in [6, 6.07) is 1.74. The second-order valence-electron chi connectivity index (χ2n) is 8.08. The third-order valence-corrected chi connectivity index (χ3v) is 8.10. The first kappa shape index (κ1) is 21.0. The number of hydrogen-bond acceptors (Lipinski definition) is 6. The SMILES string of the molecule is CCn1cc(S(=O)(=O)N2CCC(c3cc(C(=O)N4CCCCC4)on3)CC2)c(C)n1. The normalized spacial score (nSPS) is 19.3. The quantitative estimate of drug-likeness (QED) is 0.715. The van der Waals surface area contributed by atoms with Crippen LogP contribution in [0.1, 0.15) is 66.9 Å². The van der Waals surface area contributed by atoms with Gasteiger partial charge in [0.1, 0.15) is 4.90 Å². The molecule has 1 amide bonds. The number of likely N-dealkylation sites (tertiary alicyclic amines) is 1. The largest absolute Gasteiger partial charge is 0.351 e. The lowest BCUT2D eigenvalue weighted by atomic mass is 9.94. The Labute approximate surface area is 177 Å². The van der Waals surface area contributed by atoms with Crippen molar-refractivity contribution < 1.29 is 17.7 Å². The fourth-order valence-electron chi connectivity index (χ4n) is 4.28. The number of rotatable bonds is 5. The highest BCUT2D eigenvalue weighted by Gasteiger charge is 2.33. The minimum atomic E-state index is -3.56. The molecule has 0 saturated carbocycles. The second-order valence-corrected chi connectivity index (χ2v) is 9.99. The van der Waals surface area contributed by atoms with Crippen LogP contribution in [-0.4, -0.2) is 64.6 Å². The van der Waals surface area contributed by atoms with Crippen LogP contribution in [0, 0.1) is 6.92 Å². The molecule has 10 heteroatoms. The summed E-state index contributed by atoms with van der Waals surface area (Å²) >= 11 is 0. The van der Waals surface area contributed by atoms with Crippen molar-refractivity contribution in [2.75, 3.05) is 26.2 Å². The summed E-state index contributed by atoms with van der Waals surface area (Å²) in [5.74, 6) is 0.268. The van der Waals surface area contributed by atoms with Gasteiger partial charge >= 0.3 is 0 Å². The summed E-state index contributed by atoms with van der Waals surface area (Å²) in [6.45, 7) is 6.62. The predicted molar refractivity (Wildman–Crippen MR) is 110 cm³/mol. The maximum absolute atomic E-state index is 13.0. The van der Waals surface area contributed by atoms with Crippen LogP contribution in [0.5, 0.6) is 0 Å². The molecule has 2 fully saturated rings. The molecule has 4 heterocycles. The highest BCUT2D eigenvalue weighted by atomic mass is 32.2. The predicted octanol–water partition coefficient (Wildman–Crippen LogP) is 2.39. The number of aromatic nitrogens is 3. The van der Waals surface area contributed by atoms with Gasteiger partial charge in [0.15, 0.2) is 0 Å². The summed E-state index contributed by atoms with van der Waals surface area (Å²) in [5, 5.41) is 8.39. The molecular weight excluding hydrogens is 406 g/mol. The Morgan fingerprint density at radius 3 is 2.50 bits per heavy atom. The molecule has 9 nitrogen and oxygen atoms in total. The van der Waals surface area contributed by atoms with Crippen LogP contribution in [0.2, 0.25) is 0 Å². The number of sulfonamides is 1. The summed E-state index contributed by atoms with van der Waals surface area (Å²) in [4.78, 5) is 14.7. The van der Waals surface area contributed by atoms with Gasteiger partial charge in [0.2, 0.25) is 15.8 Å². The van der Waals surface area contributed by atoms with Crippen LogP contribution in [-0.2, 0) is 16.6 Å². The number of carbonyl (C=O) groups excluding carboxylic acids is 1. The Bertz CT molecular complexity index is 998. The van der Waals surface area contributed by atoms with Crippen LogP contribution < -0.4 is 0 Å². The smallest absolute Gasteiger partial charge is 0.292 e. The third-order valence-electron chi connectivity index (χ3n) is 6.10. The van der Waals surface area contributed by atoms with Crippen molar-refractivity contribution in [3.8, 4) is 0 Å². The van der Waals surface area contributed by atoms with Crippen molar-refractivity contribution in [2.24, 2.45) is 0 Å². The zero-order valence-corrected chi connectivity index (χ0v) is 18.4. The molecule has 0 radical (unpaired) electrons. The molecule has 0 aliphatic carbocycles. The van der Waals surface area contributed by atoms with E-state index in [9.17, 15) is 13.2 Å². The number of aryl methyl sites for hydroxylation is 2. The van der Waals surface area contributed by atoms with Crippen LogP contribution in [0.4, 0.5) is 0 Å². The average molecular weight is 436 g/mol. The molecule has 0 N–H and O–H groups in total.